The Hall–Kier alpha value is -2.97. The van der Waals surface area contributed by atoms with Crippen molar-refractivity contribution in [1.29, 1.82) is 0 Å². The number of hydrogen-bond acceptors (Lipinski definition) is 5. The van der Waals surface area contributed by atoms with Gasteiger partial charge in [-0.1, -0.05) is 29.8 Å². The monoisotopic (exact) mass is 502 g/mol. The molecule has 1 atom stereocenters. The van der Waals surface area contributed by atoms with Gasteiger partial charge in [0.15, 0.2) is 11.6 Å². The Bertz CT molecular complexity index is 1170. The Kier molecular flexibility index (Phi) is 7.80. The Morgan fingerprint density at radius 3 is 2.71 bits per heavy atom. The van der Waals surface area contributed by atoms with Crippen molar-refractivity contribution < 1.29 is 23.8 Å². The summed E-state index contributed by atoms with van der Waals surface area (Å²) in [6.45, 7) is 0.836. The van der Waals surface area contributed by atoms with Crippen molar-refractivity contribution in [1.82, 2.24) is 9.88 Å². The lowest BCUT2D eigenvalue weighted by Gasteiger charge is -2.23. The van der Waals surface area contributed by atoms with Gasteiger partial charge in [-0.05, 0) is 54.7 Å². The van der Waals surface area contributed by atoms with Gasteiger partial charge in [0.25, 0.3) is 0 Å². The van der Waals surface area contributed by atoms with Crippen LogP contribution in [0.1, 0.15) is 46.3 Å². The molecule has 1 unspecified atom stereocenters. The zero-order valence-electron chi connectivity index (χ0n) is 18.4. The topological polar surface area (TPSA) is 79.7 Å². The van der Waals surface area contributed by atoms with E-state index in [2.05, 4.69) is 4.98 Å². The molecular formula is C25H24ClFN2O4S. The molecule has 6 nitrogen and oxygen atoms in total. The third-order valence-electron chi connectivity index (χ3n) is 5.67. The number of aromatic nitrogens is 1. The molecule has 1 saturated heterocycles. The molecule has 34 heavy (non-hydrogen) atoms. The largest absolute Gasteiger partial charge is 0.486 e. The molecule has 1 fully saturated rings. The van der Waals surface area contributed by atoms with E-state index in [-0.39, 0.29) is 37.1 Å². The molecule has 1 aliphatic heterocycles. The van der Waals surface area contributed by atoms with E-state index in [9.17, 15) is 14.0 Å². The number of carboxylic acids is 1. The van der Waals surface area contributed by atoms with Crippen molar-refractivity contribution in [2.75, 3.05) is 6.54 Å². The van der Waals surface area contributed by atoms with E-state index in [1.807, 2.05) is 12.1 Å². The molecule has 2 heterocycles. The number of ether oxygens (including phenoxy) is 1. The molecule has 1 aromatic heterocycles. The Balaban J connectivity index is 1.36. The van der Waals surface area contributed by atoms with Crippen molar-refractivity contribution >= 4 is 34.8 Å². The predicted octanol–water partition coefficient (Wildman–Crippen LogP) is 5.44. The third-order valence-corrected chi connectivity index (χ3v) is 7.08. The molecular weight excluding hydrogens is 479 g/mol. The minimum Gasteiger partial charge on any atom is -0.486 e. The van der Waals surface area contributed by atoms with Crippen LogP contribution in [0.25, 0.3) is 0 Å². The molecule has 0 bridgehead atoms. The maximum absolute atomic E-state index is 14.6. The highest BCUT2D eigenvalue weighted by Gasteiger charge is 2.32. The van der Waals surface area contributed by atoms with Crippen LogP contribution >= 0.6 is 22.9 Å². The number of carbonyl (C=O) groups is 2. The average molecular weight is 503 g/mol. The number of carboxylic acid groups (broad SMARTS) is 1. The Morgan fingerprint density at radius 1 is 1.21 bits per heavy atom. The smallest absolute Gasteiger partial charge is 0.303 e. The number of halogens is 2. The van der Waals surface area contributed by atoms with Gasteiger partial charge in [-0.15, -0.1) is 11.3 Å². The molecule has 0 radical (unpaired) electrons. The molecule has 1 N–H and O–H groups in total. The van der Waals surface area contributed by atoms with Crippen LogP contribution in [0.2, 0.25) is 5.02 Å². The van der Waals surface area contributed by atoms with E-state index in [0.29, 0.717) is 23.6 Å². The highest BCUT2D eigenvalue weighted by Crippen LogP contribution is 2.35. The highest BCUT2D eigenvalue weighted by atomic mass is 35.5. The second kappa shape index (κ2) is 11.0. The zero-order valence-corrected chi connectivity index (χ0v) is 19.9. The summed E-state index contributed by atoms with van der Waals surface area (Å²) in [5.41, 5.74) is 1.45. The highest BCUT2D eigenvalue weighted by molar-refractivity contribution is 7.11. The standard InChI is InChI=1S/C25H24ClFN2O4S/c26-18-6-3-16(4-7-18)15-33-22-9-5-17(12-20(22)27)13-23(30)29-11-1-2-21(29)25-28-14-19(34-25)8-10-24(31)32/h3-7,9,12,14,21H,1-2,8,10-11,13,15H2,(H,31,32). The second-order valence-electron chi connectivity index (χ2n) is 8.16. The molecule has 0 spiro atoms. The number of rotatable bonds is 9. The van der Waals surface area contributed by atoms with Crippen LogP contribution in [0.5, 0.6) is 5.75 Å². The lowest BCUT2D eigenvalue weighted by molar-refractivity contribution is -0.137. The van der Waals surface area contributed by atoms with Gasteiger partial charge in [-0.2, -0.15) is 0 Å². The molecule has 4 rings (SSSR count). The summed E-state index contributed by atoms with van der Waals surface area (Å²) in [7, 11) is 0. The second-order valence-corrected chi connectivity index (χ2v) is 9.74. The summed E-state index contributed by atoms with van der Waals surface area (Å²) in [6.07, 6.45) is 3.94. The fourth-order valence-electron chi connectivity index (χ4n) is 3.93. The molecule has 0 aliphatic carbocycles. The molecule has 1 amide bonds. The summed E-state index contributed by atoms with van der Waals surface area (Å²) < 4.78 is 20.2. The predicted molar refractivity (Wildman–Crippen MR) is 128 cm³/mol. The maximum Gasteiger partial charge on any atom is 0.303 e. The minimum absolute atomic E-state index is 0.0555. The molecule has 1 aliphatic rings. The number of aryl methyl sites for hydroxylation is 1. The number of aliphatic carboxylic acids is 1. The fraction of sp³-hybridized carbons (Fsp3) is 0.320. The number of nitrogens with zero attached hydrogens (tertiary/aromatic N) is 2. The average Bonchev–Trinajstić information content (AvgIpc) is 3.48. The summed E-state index contributed by atoms with van der Waals surface area (Å²) >= 11 is 7.33. The minimum atomic E-state index is -0.846. The summed E-state index contributed by atoms with van der Waals surface area (Å²) in [4.78, 5) is 30.9. The van der Waals surface area contributed by atoms with Gasteiger partial charge in [-0.25, -0.2) is 9.37 Å². The van der Waals surface area contributed by atoms with Crippen LogP contribution in [0.15, 0.2) is 48.7 Å². The molecule has 0 saturated carbocycles. The van der Waals surface area contributed by atoms with Crippen LogP contribution in [-0.2, 0) is 29.0 Å². The summed E-state index contributed by atoms with van der Waals surface area (Å²) in [5, 5.41) is 10.3. The van der Waals surface area contributed by atoms with Crippen LogP contribution in [0, 0.1) is 5.82 Å². The first-order valence-electron chi connectivity index (χ1n) is 11.0. The lowest BCUT2D eigenvalue weighted by atomic mass is 10.1. The summed E-state index contributed by atoms with van der Waals surface area (Å²) in [5.74, 6) is -1.32. The van der Waals surface area contributed by atoms with Gasteiger partial charge in [-0.3, -0.25) is 9.59 Å². The quantitative estimate of drug-likeness (QED) is 0.421. The first-order chi connectivity index (χ1) is 16.4. The van der Waals surface area contributed by atoms with Crippen molar-refractivity contribution in [2.24, 2.45) is 0 Å². The van der Waals surface area contributed by atoms with E-state index in [1.54, 1.807) is 35.4 Å². The molecule has 178 valence electrons. The van der Waals surface area contributed by atoms with E-state index in [1.165, 1.54) is 17.4 Å². The van der Waals surface area contributed by atoms with E-state index in [0.717, 1.165) is 28.3 Å². The van der Waals surface area contributed by atoms with E-state index < -0.39 is 11.8 Å². The number of amides is 1. The van der Waals surface area contributed by atoms with Gasteiger partial charge in [0, 0.05) is 22.6 Å². The Morgan fingerprint density at radius 2 is 1.97 bits per heavy atom. The van der Waals surface area contributed by atoms with Crippen molar-refractivity contribution in [3.8, 4) is 5.75 Å². The van der Waals surface area contributed by atoms with Gasteiger partial charge < -0.3 is 14.7 Å². The van der Waals surface area contributed by atoms with Crippen LogP contribution in [0.3, 0.4) is 0 Å². The van der Waals surface area contributed by atoms with Crippen LogP contribution < -0.4 is 4.74 Å². The van der Waals surface area contributed by atoms with Gasteiger partial charge in [0.1, 0.15) is 11.6 Å². The third kappa shape index (κ3) is 6.12. The van der Waals surface area contributed by atoms with Gasteiger partial charge in [0.2, 0.25) is 5.91 Å². The van der Waals surface area contributed by atoms with Crippen LogP contribution in [-0.4, -0.2) is 33.4 Å². The van der Waals surface area contributed by atoms with Crippen molar-refractivity contribution in [3.05, 3.63) is 80.5 Å². The van der Waals surface area contributed by atoms with E-state index in [4.69, 9.17) is 21.4 Å². The Labute approximate surface area is 206 Å². The first kappa shape index (κ1) is 24.2. The number of benzene rings is 2. The van der Waals surface area contributed by atoms with Crippen molar-refractivity contribution in [3.63, 3.8) is 0 Å². The van der Waals surface area contributed by atoms with Gasteiger partial charge in [0.05, 0.1) is 18.9 Å². The normalized spacial score (nSPS) is 15.5. The van der Waals surface area contributed by atoms with Gasteiger partial charge >= 0.3 is 5.97 Å². The fourth-order valence-corrected chi connectivity index (χ4v) is 5.12. The number of carbonyl (C=O) groups excluding carboxylic acids is 1. The maximum atomic E-state index is 14.6. The molecule has 3 aromatic rings. The lowest BCUT2D eigenvalue weighted by Crippen LogP contribution is -2.31. The summed E-state index contributed by atoms with van der Waals surface area (Å²) in [6, 6.07) is 11.6. The van der Waals surface area contributed by atoms with E-state index >= 15 is 0 Å². The zero-order chi connectivity index (χ0) is 24.1. The first-order valence-corrected chi connectivity index (χ1v) is 12.2. The van der Waals surface area contributed by atoms with Crippen molar-refractivity contribution in [2.45, 2.75) is 44.8 Å². The number of thiazole rings is 1. The van der Waals surface area contributed by atoms with Crippen LogP contribution in [0.4, 0.5) is 4.39 Å². The molecule has 9 heteroatoms. The molecule has 2 aromatic carbocycles. The number of hydrogen-bond donors (Lipinski definition) is 1. The number of likely N-dealkylation sites (tertiary alicyclic amines) is 1. The SMILES string of the molecule is O=C(O)CCc1cnc(C2CCCN2C(=O)Cc2ccc(OCc3ccc(Cl)cc3)c(F)c2)s1.